The first-order valence-electron chi connectivity index (χ1n) is 7.27. The number of carboxylic acid groups (broad SMARTS) is 1. The highest BCUT2D eigenvalue weighted by atomic mass is 32.2. The molecular formula is C14H24N2O3S. The summed E-state index contributed by atoms with van der Waals surface area (Å²) in [7, 11) is 0. The molecule has 0 aromatic heterocycles. The van der Waals surface area contributed by atoms with Crippen LogP contribution in [0.25, 0.3) is 0 Å². The quantitative estimate of drug-likeness (QED) is 0.820. The maximum absolute atomic E-state index is 12.4. The first kappa shape index (κ1) is 15.5. The second-order valence-corrected chi connectivity index (χ2v) is 8.16. The molecule has 2 N–H and O–H groups in total. The second-order valence-electron chi connectivity index (χ2n) is 6.28. The highest BCUT2D eigenvalue weighted by molar-refractivity contribution is 8.00. The van der Waals surface area contributed by atoms with Crippen LogP contribution in [0.2, 0.25) is 0 Å². The number of hydrogen-bond acceptors (Lipinski definition) is 3. The SMILES string of the molecule is CC1CN(C(=O)NC2CCCC2(C)C(=O)O)CC(C)S1. The monoisotopic (exact) mass is 300 g/mol. The average Bonchev–Trinajstić information content (AvgIpc) is 2.71. The van der Waals surface area contributed by atoms with E-state index < -0.39 is 11.4 Å². The number of urea groups is 1. The van der Waals surface area contributed by atoms with Crippen LogP contribution >= 0.6 is 11.8 Å². The molecule has 114 valence electrons. The van der Waals surface area contributed by atoms with Gasteiger partial charge in [0, 0.05) is 29.6 Å². The minimum Gasteiger partial charge on any atom is -0.481 e. The van der Waals surface area contributed by atoms with E-state index in [0.29, 0.717) is 16.9 Å². The molecule has 1 saturated carbocycles. The lowest BCUT2D eigenvalue weighted by atomic mass is 9.85. The Morgan fingerprint density at radius 3 is 2.45 bits per heavy atom. The molecular weight excluding hydrogens is 276 g/mol. The minimum absolute atomic E-state index is 0.108. The summed E-state index contributed by atoms with van der Waals surface area (Å²) in [6.45, 7) is 7.45. The normalized spacial score (nSPS) is 37.8. The van der Waals surface area contributed by atoms with Crippen molar-refractivity contribution in [2.75, 3.05) is 13.1 Å². The number of thioether (sulfide) groups is 1. The number of nitrogens with one attached hydrogen (secondary N) is 1. The molecule has 1 aliphatic carbocycles. The molecule has 4 atom stereocenters. The van der Waals surface area contributed by atoms with Gasteiger partial charge in [0.1, 0.15) is 0 Å². The van der Waals surface area contributed by atoms with Crippen molar-refractivity contribution in [3.8, 4) is 0 Å². The minimum atomic E-state index is -0.822. The Kier molecular flexibility index (Phi) is 4.52. The van der Waals surface area contributed by atoms with Crippen LogP contribution in [0.1, 0.15) is 40.0 Å². The number of carbonyl (C=O) groups excluding carboxylic acids is 1. The number of carbonyl (C=O) groups is 2. The summed E-state index contributed by atoms with van der Waals surface area (Å²) in [5.41, 5.74) is -0.822. The molecule has 0 radical (unpaired) electrons. The third kappa shape index (κ3) is 3.05. The molecule has 0 bridgehead atoms. The Morgan fingerprint density at radius 2 is 1.90 bits per heavy atom. The largest absolute Gasteiger partial charge is 0.481 e. The molecule has 20 heavy (non-hydrogen) atoms. The van der Waals surface area contributed by atoms with Gasteiger partial charge in [-0.25, -0.2) is 4.79 Å². The number of amides is 2. The summed E-state index contributed by atoms with van der Waals surface area (Å²) in [6.07, 6.45) is 2.24. The third-order valence-corrected chi connectivity index (χ3v) is 5.68. The van der Waals surface area contributed by atoms with Crippen LogP contribution in [-0.2, 0) is 4.79 Å². The molecule has 1 aliphatic heterocycles. The number of hydrogen-bond donors (Lipinski definition) is 2. The van der Waals surface area contributed by atoms with Gasteiger partial charge in [-0.3, -0.25) is 4.79 Å². The van der Waals surface area contributed by atoms with E-state index in [1.165, 1.54) is 0 Å². The molecule has 2 rings (SSSR count). The van der Waals surface area contributed by atoms with E-state index in [1.54, 1.807) is 6.92 Å². The topological polar surface area (TPSA) is 69.6 Å². The molecule has 0 spiro atoms. The summed E-state index contributed by atoms with van der Waals surface area (Å²) < 4.78 is 0. The molecule has 2 fully saturated rings. The molecule has 2 amide bonds. The van der Waals surface area contributed by atoms with E-state index in [1.807, 2.05) is 16.7 Å². The van der Waals surface area contributed by atoms with Gasteiger partial charge in [-0.05, 0) is 19.8 Å². The maximum atomic E-state index is 12.4. The Bertz CT molecular complexity index is 394. The van der Waals surface area contributed by atoms with Gasteiger partial charge in [0.2, 0.25) is 0 Å². The maximum Gasteiger partial charge on any atom is 0.317 e. The lowest BCUT2D eigenvalue weighted by molar-refractivity contribution is -0.148. The van der Waals surface area contributed by atoms with E-state index in [0.717, 1.165) is 25.9 Å². The lowest BCUT2D eigenvalue weighted by Gasteiger charge is -2.36. The van der Waals surface area contributed by atoms with Crippen LogP contribution in [0.15, 0.2) is 0 Å². The fourth-order valence-electron chi connectivity index (χ4n) is 3.24. The summed E-state index contributed by atoms with van der Waals surface area (Å²) in [5, 5.41) is 13.2. The fraction of sp³-hybridized carbons (Fsp3) is 0.857. The van der Waals surface area contributed by atoms with Crippen LogP contribution in [0, 0.1) is 5.41 Å². The Balaban J connectivity index is 1.99. The summed E-state index contributed by atoms with van der Waals surface area (Å²) in [6, 6.07) is -0.365. The number of carboxylic acids is 1. The van der Waals surface area contributed by atoms with E-state index in [4.69, 9.17) is 0 Å². The highest BCUT2D eigenvalue weighted by Gasteiger charge is 2.46. The zero-order valence-electron chi connectivity index (χ0n) is 12.4. The summed E-state index contributed by atoms with van der Waals surface area (Å²) in [4.78, 5) is 25.6. The average molecular weight is 300 g/mol. The summed E-state index contributed by atoms with van der Waals surface area (Å²) in [5.74, 6) is -0.809. The molecule has 2 aliphatic rings. The molecule has 1 heterocycles. The highest BCUT2D eigenvalue weighted by Crippen LogP contribution is 2.38. The van der Waals surface area contributed by atoms with Crippen molar-refractivity contribution in [3.63, 3.8) is 0 Å². The third-order valence-electron chi connectivity index (χ3n) is 4.45. The van der Waals surface area contributed by atoms with Crippen LogP contribution in [-0.4, -0.2) is 51.6 Å². The van der Waals surface area contributed by atoms with Crippen molar-refractivity contribution in [3.05, 3.63) is 0 Å². The number of rotatable bonds is 2. The molecule has 1 saturated heterocycles. The van der Waals surface area contributed by atoms with Gasteiger partial charge >= 0.3 is 12.0 Å². The Morgan fingerprint density at radius 1 is 1.30 bits per heavy atom. The van der Waals surface area contributed by atoms with Gasteiger partial charge < -0.3 is 15.3 Å². The van der Waals surface area contributed by atoms with Crippen molar-refractivity contribution in [1.29, 1.82) is 0 Å². The summed E-state index contributed by atoms with van der Waals surface area (Å²) >= 11 is 1.89. The molecule has 0 aromatic rings. The van der Waals surface area contributed by atoms with Gasteiger partial charge in [-0.1, -0.05) is 20.3 Å². The Labute approximate surface area is 124 Å². The fourth-order valence-corrected chi connectivity index (χ4v) is 4.56. The van der Waals surface area contributed by atoms with Gasteiger partial charge in [0.15, 0.2) is 0 Å². The van der Waals surface area contributed by atoms with Crippen molar-refractivity contribution in [2.24, 2.45) is 5.41 Å². The second kappa shape index (κ2) is 5.84. The zero-order valence-corrected chi connectivity index (χ0v) is 13.2. The first-order chi connectivity index (χ1) is 9.33. The lowest BCUT2D eigenvalue weighted by Crippen LogP contribution is -2.54. The molecule has 4 unspecified atom stereocenters. The predicted octanol–water partition coefficient (Wildman–Crippen LogP) is 2.17. The van der Waals surface area contributed by atoms with Gasteiger partial charge in [-0.2, -0.15) is 11.8 Å². The van der Waals surface area contributed by atoms with Gasteiger partial charge in [0.05, 0.1) is 5.41 Å². The smallest absolute Gasteiger partial charge is 0.317 e. The van der Waals surface area contributed by atoms with Crippen molar-refractivity contribution < 1.29 is 14.7 Å². The van der Waals surface area contributed by atoms with E-state index >= 15 is 0 Å². The van der Waals surface area contributed by atoms with Gasteiger partial charge in [0.25, 0.3) is 0 Å². The first-order valence-corrected chi connectivity index (χ1v) is 8.21. The number of aliphatic carboxylic acids is 1. The van der Waals surface area contributed by atoms with E-state index in [2.05, 4.69) is 19.2 Å². The predicted molar refractivity (Wildman–Crippen MR) is 80.0 cm³/mol. The van der Waals surface area contributed by atoms with Crippen LogP contribution in [0.4, 0.5) is 4.79 Å². The number of nitrogens with zero attached hydrogens (tertiary/aromatic N) is 1. The van der Waals surface area contributed by atoms with E-state index in [9.17, 15) is 14.7 Å². The van der Waals surface area contributed by atoms with Gasteiger partial charge in [-0.15, -0.1) is 0 Å². The van der Waals surface area contributed by atoms with Crippen molar-refractivity contribution in [2.45, 2.75) is 56.6 Å². The molecule has 0 aromatic carbocycles. The zero-order chi connectivity index (χ0) is 14.9. The van der Waals surface area contributed by atoms with Crippen molar-refractivity contribution >= 4 is 23.8 Å². The van der Waals surface area contributed by atoms with Crippen LogP contribution < -0.4 is 5.32 Å². The van der Waals surface area contributed by atoms with Crippen LogP contribution in [0.5, 0.6) is 0 Å². The molecule has 6 heteroatoms. The van der Waals surface area contributed by atoms with E-state index in [-0.39, 0.29) is 12.1 Å². The van der Waals surface area contributed by atoms with Crippen LogP contribution in [0.3, 0.4) is 0 Å². The molecule has 5 nitrogen and oxygen atoms in total. The van der Waals surface area contributed by atoms with Crippen molar-refractivity contribution in [1.82, 2.24) is 10.2 Å². The standard InChI is InChI=1S/C14H24N2O3S/c1-9-7-16(8-10(2)20-9)13(19)15-11-5-4-6-14(11,3)12(17)18/h9-11H,4-8H2,1-3H3,(H,15,19)(H,17,18). The Hall–Kier alpha value is -0.910.